The minimum atomic E-state index is -0.458. The summed E-state index contributed by atoms with van der Waals surface area (Å²) in [6.45, 7) is 6.07. The van der Waals surface area contributed by atoms with Gasteiger partial charge in [0.1, 0.15) is 5.82 Å². The van der Waals surface area contributed by atoms with Crippen LogP contribution in [0.4, 0.5) is 5.82 Å². The molecule has 1 rings (SSSR count). The van der Waals surface area contributed by atoms with E-state index in [4.69, 9.17) is 0 Å². The molecule has 0 fully saturated rings. The molecule has 17 heavy (non-hydrogen) atoms. The van der Waals surface area contributed by atoms with Gasteiger partial charge < -0.3 is 9.64 Å². The summed E-state index contributed by atoms with van der Waals surface area (Å²) < 4.78 is 4.57. The summed E-state index contributed by atoms with van der Waals surface area (Å²) in [6.07, 6.45) is 5.33. The van der Waals surface area contributed by atoms with E-state index in [2.05, 4.69) is 33.5 Å². The van der Waals surface area contributed by atoms with Crippen LogP contribution in [0.2, 0.25) is 0 Å². The van der Waals surface area contributed by atoms with Crippen molar-refractivity contribution in [3.8, 4) is 0 Å². The van der Waals surface area contributed by atoms with Crippen molar-refractivity contribution >= 4 is 11.8 Å². The molecule has 0 aliphatic rings. The standard InChI is InChI=1S/C12H19N3O2/c1-4-6-7-15(5-2)11-9-13-10(8-14-11)12(16)17-3/h8-9H,4-7H2,1-3H3. The Kier molecular flexibility index (Phi) is 5.39. The highest BCUT2D eigenvalue weighted by molar-refractivity contribution is 5.86. The summed E-state index contributed by atoms with van der Waals surface area (Å²) >= 11 is 0. The van der Waals surface area contributed by atoms with Gasteiger partial charge in [0, 0.05) is 13.1 Å². The predicted octanol–water partition coefficient (Wildman–Crippen LogP) is 1.89. The third-order valence-electron chi connectivity index (χ3n) is 2.52. The molecule has 0 bridgehead atoms. The van der Waals surface area contributed by atoms with E-state index in [1.807, 2.05) is 0 Å². The number of unbranched alkanes of at least 4 members (excludes halogenated alkanes) is 1. The molecular formula is C12H19N3O2. The van der Waals surface area contributed by atoms with E-state index >= 15 is 0 Å². The maximum atomic E-state index is 11.2. The fourth-order valence-corrected chi connectivity index (χ4v) is 1.48. The molecular weight excluding hydrogens is 218 g/mol. The number of methoxy groups -OCH3 is 1. The van der Waals surface area contributed by atoms with Gasteiger partial charge in [0.05, 0.1) is 19.5 Å². The van der Waals surface area contributed by atoms with Crippen LogP contribution in [0, 0.1) is 0 Å². The number of hydrogen-bond acceptors (Lipinski definition) is 5. The second-order valence-corrected chi connectivity index (χ2v) is 3.68. The monoisotopic (exact) mass is 237 g/mol. The van der Waals surface area contributed by atoms with Crippen molar-refractivity contribution in [1.29, 1.82) is 0 Å². The number of anilines is 1. The van der Waals surface area contributed by atoms with Crippen LogP contribution in [0.5, 0.6) is 0 Å². The summed E-state index contributed by atoms with van der Waals surface area (Å²) in [5.74, 6) is 0.342. The molecule has 0 atom stereocenters. The summed E-state index contributed by atoms with van der Waals surface area (Å²) in [4.78, 5) is 21.6. The lowest BCUT2D eigenvalue weighted by Gasteiger charge is -2.21. The molecule has 0 aliphatic carbocycles. The second kappa shape index (κ2) is 6.83. The topological polar surface area (TPSA) is 55.3 Å². The van der Waals surface area contributed by atoms with Gasteiger partial charge >= 0.3 is 5.97 Å². The lowest BCUT2D eigenvalue weighted by atomic mass is 10.3. The Bertz CT molecular complexity index is 351. The average Bonchev–Trinajstić information content (AvgIpc) is 2.39. The van der Waals surface area contributed by atoms with E-state index in [-0.39, 0.29) is 5.69 Å². The van der Waals surface area contributed by atoms with Crippen molar-refractivity contribution in [3.63, 3.8) is 0 Å². The molecule has 5 nitrogen and oxygen atoms in total. The number of esters is 1. The van der Waals surface area contributed by atoms with Crippen LogP contribution < -0.4 is 4.90 Å². The summed E-state index contributed by atoms with van der Waals surface area (Å²) in [5, 5.41) is 0. The molecule has 1 aromatic rings. The molecule has 0 N–H and O–H groups in total. The van der Waals surface area contributed by atoms with Gasteiger partial charge in [0.25, 0.3) is 0 Å². The van der Waals surface area contributed by atoms with Crippen LogP contribution in [0.1, 0.15) is 37.2 Å². The number of carbonyl (C=O) groups is 1. The van der Waals surface area contributed by atoms with Gasteiger partial charge in [-0.3, -0.25) is 0 Å². The van der Waals surface area contributed by atoms with Gasteiger partial charge in [-0.05, 0) is 13.3 Å². The van der Waals surface area contributed by atoms with E-state index in [0.717, 1.165) is 31.7 Å². The lowest BCUT2D eigenvalue weighted by molar-refractivity contribution is 0.0593. The molecule has 0 amide bonds. The van der Waals surface area contributed by atoms with Crippen LogP contribution >= 0.6 is 0 Å². The van der Waals surface area contributed by atoms with Crippen LogP contribution in [0.3, 0.4) is 0 Å². The molecule has 0 spiro atoms. The minimum Gasteiger partial charge on any atom is -0.464 e. The highest BCUT2D eigenvalue weighted by Gasteiger charge is 2.10. The first-order valence-electron chi connectivity index (χ1n) is 5.88. The fraction of sp³-hybridized carbons (Fsp3) is 0.583. The summed E-state index contributed by atoms with van der Waals surface area (Å²) in [5.41, 5.74) is 0.239. The molecule has 0 aliphatic heterocycles. The molecule has 0 saturated carbocycles. The fourth-order valence-electron chi connectivity index (χ4n) is 1.48. The van der Waals surface area contributed by atoms with Gasteiger partial charge in [-0.15, -0.1) is 0 Å². The smallest absolute Gasteiger partial charge is 0.358 e. The summed E-state index contributed by atoms with van der Waals surface area (Å²) in [6, 6.07) is 0. The van der Waals surface area contributed by atoms with E-state index in [9.17, 15) is 4.79 Å². The number of carbonyl (C=O) groups excluding carboxylic acids is 1. The first-order valence-corrected chi connectivity index (χ1v) is 5.88. The Morgan fingerprint density at radius 1 is 1.35 bits per heavy atom. The van der Waals surface area contributed by atoms with Crippen molar-refractivity contribution in [2.24, 2.45) is 0 Å². The van der Waals surface area contributed by atoms with E-state index in [1.54, 1.807) is 6.20 Å². The van der Waals surface area contributed by atoms with E-state index < -0.39 is 5.97 Å². The Hall–Kier alpha value is -1.65. The largest absolute Gasteiger partial charge is 0.464 e. The zero-order chi connectivity index (χ0) is 12.7. The maximum absolute atomic E-state index is 11.2. The highest BCUT2D eigenvalue weighted by atomic mass is 16.5. The molecule has 0 saturated heterocycles. The van der Waals surface area contributed by atoms with Crippen molar-refractivity contribution in [3.05, 3.63) is 18.1 Å². The second-order valence-electron chi connectivity index (χ2n) is 3.68. The molecule has 0 radical (unpaired) electrons. The van der Waals surface area contributed by atoms with Crippen LogP contribution in [0.25, 0.3) is 0 Å². The number of aromatic nitrogens is 2. The number of nitrogens with zero attached hydrogens (tertiary/aromatic N) is 3. The highest BCUT2D eigenvalue weighted by Crippen LogP contribution is 2.10. The van der Waals surface area contributed by atoms with Gasteiger partial charge in [0.2, 0.25) is 0 Å². The molecule has 1 heterocycles. The molecule has 0 aromatic carbocycles. The third-order valence-corrected chi connectivity index (χ3v) is 2.52. The van der Waals surface area contributed by atoms with Crippen LogP contribution in [-0.4, -0.2) is 36.1 Å². The molecule has 0 unspecified atom stereocenters. The van der Waals surface area contributed by atoms with Gasteiger partial charge in [-0.1, -0.05) is 13.3 Å². The molecule has 94 valence electrons. The normalized spacial score (nSPS) is 10.1. The maximum Gasteiger partial charge on any atom is 0.358 e. The van der Waals surface area contributed by atoms with Gasteiger partial charge in [0.15, 0.2) is 5.69 Å². The van der Waals surface area contributed by atoms with Gasteiger partial charge in [-0.25, -0.2) is 14.8 Å². The molecule has 1 aromatic heterocycles. The minimum absolute atomic E-state index is 0.239. The number of ether oxygens (including phenoxy) is 1. The number of hydrogen-bond donors (Lipinski definition) is 0. The average molecular weight is 237 g/mol. The Morgan fingerprint density at radius 3 is 2.59 bits per heavy atom. The Balaban J connectivity index is 2.74. The lowest BCUT2D eigenvalue weighted by Crippen LogP contribution is -2.25. The first kappa shape index (κ1) is 13.4. The summed E-state index contributed by atoms with van der Waals surface area (Å²) in [7, 11) is 1.33. The zero-order valence-corrected chi connectivity index (χ0v) is 10.6. The molecule has 5 heteroatoms. The quantitative estimate of drug-likeness (QED) is 0.707. The van der Waals surface area contributed by atoms with Crippen molar-refractivity contribution < 1.29 is 9.53 Å². The Labute approximate surface area is 102 Å². The van der Waals surface area contributed by atoms with Crippen molar-refractivity contribution in [2.75, 3.05) is 25.1 Å². The SMILES string of the molecule is CCCCN(CC)c1cnc(C(=O)OC)cn1. The van der Waals surface area contributed by atoms with Crippen LogP contribution in [0.15, 0.2) is 12.4 Å². The zero-order valence-electron chi connectivity index (χ0n) is 10.6. The number of rotatable bonds is 6. The van der Waals surface area contributed by atoms with Crippen molar-refractivity contribution in [1.82, 2.24) is 9.97 Å². The predicted molar refractivity (Wildman–Crippen MR) is 66.2 cm³/mol. The Morgan fingerprint density at radius 2 is 2.12 bits per heavy atom. The van der Waals surface area contributed by atoms with Crippen molar-refractivity contribution in [2.45, 2.75) is 26.7 Å². The van der Waals surface area contributed by atoms with E-state index in [1.165, 1.54) is 13.3 Å². The third kappa shape index (κ3) is 3.69. The van der Waals surface area contributed by atoms with Crippen LogP contribution in [-0.2, 0) is 4.74 Å². The van der Waals surface area contributed by atoms with E-state index in [0.29, 0.717) is 0 Å². The first-order chi connectivity index (χ1) is 8.22. The van der Waals surface area contributed by atoms with Gasteiger partial charge in [-0.2, -0.15) is 0 Å².